The molecule has 7 heteroatoms. The molecule has 1 aliphatic heterocycles. The Morgan fingerprint density at radius 1 is 1.03 bits per heavy atom. The van der Waals surface area contributed by atoms with Crippen LogP contribution in [0.25, 0.3) is 0 Å². The number of anilines is 1. The lowest BCUT2D eigenvalue weighted by atomic mass is 10.1. The Morgan fingerprint density at radius 2 is 1.66 bits per heavy atom. The number of nitrogens with one attached hydrogen (secondary N) is 1. The maximum atomic E-state index is 12.3. The number of carbonyl (C=O) groups excluding carboxylic acids is 4. The molecule has 2 aromatic rings. The van der Waals surface area contributed by atoms with Crippen LogP contribution in [-0.4, -0.2) is 34.7 Å². The number of imide groups is 1. The summed E-state index contributed by atoms with van der Waals surface area (Å²) in [6.45, 7) is 3.56. The van der Waals surface area contributed by atoms with Gasteiger partial charge in [0.25, 0.3) is 5.91 Å². The van der Waals surface area contributed by atoms with Crippen molar-refractivity contribution in [2.75, 3.05) is 5.32 Å². The first kappa shape index (κ1) is 20.3. The van der Waals surface area contributed by atoms with E-state index in [0.717, 1.165) is 11.1 Å². The maximum Gasteiger partial charge on any atom is 0.338 e. The van der Waals surface area contributed by atoms with Crippen molar-refractivity contribution in [3.63, 3.8) is 0 Å². The second-order valence-electron chi connectivity index (χ2n) is 6.92. The highest BCUT2D eigenvalue weighted by Gasteiger charge is 2.28. The van der Waals surface area contributed by atoms with Gasteiger partial charge < -0.3 is 10.1 Å². The number of likely N-dealkylation sites (tertiary alicyclic amines) is 1. The van der Waals surface area contributed by atoms with E-state index in [1.54, 1.807) is 30.3 Å². The second-order valence-corrected chi connectivity index (χ2v) is 6.92. The minimum absolute atomic E-state index is 0.183. The number of ether oxygens (including phenoxy) is 1. The van der Waals surface area contributed by atoms with Gasteiger partial charge in [0.1, 0.15) is 0 Å². The van der Waals surface area contributed by atoms with Crippen molar-refractivity contribution in [3.8, 4) is 0 Å². The van der Waals surface area contributed by atoms with Crippen LogP contribution in [0.1, 0.15) is 41.3 Å². The number of benzene rings is 2. The highest BCUT2D eigenvalue weighted by atomic mass is 16.5. The summed E-state index contributed by atoms with van der Waals surface area (Å²) in [7, 11) is 0. The van der Waals surface area contributed by atoms with Crippen molar-refractivity contribution in [1.82, 2.24) is 4.90 Å². The van der Waals surface area contributed by atoms with Crippen molar-refractivity contribution in [3.05, 3.63) is 65.2 Å². The first-order valence-electron chi connectivity index (χ1n) is 9.35. The van der Waals surface area contributed by atoms with Crippen molar-refractivity contribution < 1.29 is 23.9 Å². The molecule has 0 aliphatic carbocycles. The summed E-state index contributed by atoms with van der Waals surface area (Å²) < 4.78 is 5.25. The van der Waals surface area contributed by atoms with Gasteiger partial charge in [-0.05, 0) is 43.2 Å². The molecule has 29 heavy (non-hydrogen) atoms. The number of nitrogens with zero attached hydrogens (tertiary/aromatic N) is 1. The zero-order chi connectivity index (χ0) is 21.0. The molecular weight excluding hydrogens is 372 g/mol. The van der Waals surface area contributed by atoms with Crippen LogP contribution in [0.3, 0.4) is 0 Å². The van der Waals surface area contributed by atoms with Crippen molar-refractivity contribution in [2.24, 2.45) is 0 Å². The molecule has 0 spiro atoms. The molecular formula is C22H22N2O5. The number of hydrogen-bond donors (Lipinski definition) is 1. The lowest BCUT2D eigenvalue weighted by Crippen LogP contribution is -2.30. The molecule has 0 radical (unpaired) electrons. The number of amides is 3. The van der Waals surface area contributed by atoms with Crippen molar-refractivity contribution >= 4 is 29.4 Å². The average molecular weight is 394 g/mol. The summed E-state index contributed by atoms with van der Waals surface area (Å²) in [6, 6.07) is 13.7. The second kappa shape index (κ2) is 8.68. The molecule has 1 saturated heterocycles. The lowest BCUT2D eigenvalue weighted by Gasteiger charge is -2.15. The highest BCUT2D eigenvalue weighted by molar-refractivity contribution is 6.02. The van der Waals surface area contributed by atoms with E-state index < -0.39 is 18.0 Å². The molecule has 3 amide bonds. The summed E-state index contributed by atoms with van der Waals surface area (Å²) in [6.07, 6.45) is -0.487. The first-order chi connectivity index (χ1) is 13.8. The molecule has 7 nitrogen and oxygen atoms in total. The van der Waals surface area contributed by atoms with Crippen LogP contribution in [0.5, 0.6) is 0 Å². The van der Waals surface area contributed by atoms with E-state index in [2.05, 4.69) is 5.32 Å². The molecule has 1 N–H and O–H groups in total. The lowest BCUT2D eigenvalue weighted by molar-refractivity contribution is -0.139. The van der Waals surface area contributed by atoms with Gasteiger partial charge in [-0.25, -0.2) is 4.79 Å². The Labute approximate surface area is 168 Å². The van der Waals surface area contributed by atoms with Crippen LogP contribution in [0.15, 0.2) is 48.5 Å². The van der Waals surface area contributed by atoms with Gasteiger partial charge in [0.15, 0.2) is 6.10 Å². The SMILES string of the molecule is Cc1ccccc1NC(=O)C(C)OC(=O)c1ccc(CN2C(=O)CCC2=O)cc1. The molecule has 1 heterocycles. The number of aryl methyl sites for hydroxylation is 1. The van der Waals surface area contributed by atoms with Gasteiger partial charge in [0.05, 0.1) is 12.1 Å². The molecule has 3 rings (SSSR count). The van der Waals surface area contributed by atoms with E-state index >= 15 is 0 Å². The van der Waals surface area contributed by atoms with E-state index in [9.17, 15) is 19.2 Å². The van der Waals surface area contributed by atoms with E-state index in [1.165, 1.54) is 11.8 Å². The molecule has 1 fully saturated rings. The summed E-state index contributed by atoms with van der Waals surface area (Å²) >= 11 is 0. The molecule has 1 unspecified atom stereocenters. The van der Waals surface area contributed by atoms with Gasteiger partial charge in [0, 0.05) is 18.5 Å². The number of esters is 1. The van der Waals surface area contributed by atoms with Gasteiger partial charge in [0.2, 0.25) is 11.8 Å². The van der Waals surface area contributed by atoms with Gasteiger partial charge in [-0.3, -0.25) is 19.3 Å². The smallest absolute Gasteiger partial charge is 0.338 e. The Kier molecular flexibility index (Phi) is 6.07. The standard InChI is InChI=1S/C22H22N2O5/c1-14-5-3-4-6-18(14)23-21(27)15(2)29-22(28)17-9-7-16(8-10-17)13-24-19(25)11-12-20(24)26/h3-10,15H,11-13H2,1-2H3,(H,23,27). The monoisotopic (exact) mass is 394 g/mol. The third-order valence-electron chi connectivity index (χ3n) is 4.74. The minimum atomic E-state index is -0.971. The van der Waals surface area contributed by atoms with E-state index in [4.69, 9.17) is 4.74 Å². The molecule has 0 bridgehead atoms. The fourth-order valence-electron chi connectivity index (χ4n) is 2.96. The van der Waals surface area contributed by atoms with Crippen LogP contribution >= 0.6 is 0 Å². The zero-order valence-electron chi connectivity index (χ0n) is 16.3. The molecule has 2 aromatic carbocycles. The van der Waals surface area contributed by atoms with Gasteiger partial charge in [-0.1, -0.05) is 30.3 Å². The Morgan fingerprint density at radius 3 is 2.28 bits per heavy atom. The number of para-hydroxylation sites is 1. The number of rotatable bonds is 6. The summed E-state index contributed by atoms with van der Waals surface area (Å²) in [4.78, 5) is 49.2. The number of hydrogen-bond acceptors (Lipinski definition) is 5. The van der Waals surface area contributed by atoms with Crippen LogP contribution in [0, 0.1) is 6.92 Å². The van der Waals surface area contributed by atoms with E-state index in [-0.39, 0.29) is 36.8 Å². The van der Waals surface area contributed by atoms with Crippen LogP contribution in [0.4, 0.5) is 5.69 Å². The number of carbonyl (C=O) groups is 4. The Balaban J connectivity index is 1.57. The topological polar surface area (TPSA) is 92.8 Å². The third-order valence-corrected chi connectivity index (χ3v) is 4.74. The maximum absolute atomic E-state index is 12.3. The van der Waals surface area contributed by atoms with Gasteiger partial charge >= 0.3 is 5.97 Å². The Hall–Kier alpha value is -3.48. The van der Waals surface area contributed by atoms with Crippen LogP contribution in [-0.2, 0) is 25.7 Å². The zero-order valence-corrected chi connectivity index (χ0v) is 16.3. The predicted octanol–water partition coefficient (Wildman–Crippen LogP) is 2.83. The third kappa shape index (κ3) is 4.87. The minimum Gasteiger partial charge on any atom is -0.449 e. The highest BCUT2D eigenvalue weighted by Crippen LogP contribution is 2.17. The summed E-state index contributed by atoms with van der Waals surface area (Å²) in [5, 5.41) is 2.74. The fraction of sp³-hybridized carbons (Fsp3) is 0.273. The summed E-state index contributed by atoms with van der Waals surface area (Å²) in [5.74, 6) is -1.42. The molecule has 0 aromatic heterocycles. The summed E-state index contributed by atoms with van der Waals surface area (Å²) in [5.41, 5.74) is 2.58. The quantitative estimate of drug-likeness (QED) is 0.601. The van der Waals surface area contributed by atoms with Gasteiger partial charge in [-0.2, -0.15) is 0 Å². The van der Waals surface area contributed by atoms with Crippen molar-refractivity contribution in [2.45, 2.75) is 39.3 Å². The van der Waals surface area contributed by atoms with Gasteiger partial charge in [-0.15, -0.1) is 0 Å². The Bertz CT molecular complexity index is 936. The van der Waals surface area contributed by atoms with Crippen molar-refractivity contribution in [1.29, 1.82) is 0 Å². The molecule has 150 valence electrons. The van der Waals surface area contributed by atoms with Crippen LogP contribution in [0.2, 0.25) is 0 Å². The van der Waals surface area contributed by atoms with E-state index in [0.29, 0.717) is 5.69 Å². The first-order valence-corrected chi connectivity index (χ1v) is 9.35. The molecule has 1 atom stereocenters. The van der Waals surface area contributed by atoms with Crippen LogP contribution < -0.4 is 5.32 Å². The predicted molar refractivity (Wildman–Crippen MR) is 106 cm³/mol. The normalized spacial score (nSPS) is 14.6. The molecule has 0 saturated carbocycles. The van der Waals surface area contributed by atoms with E-state index in [1.807, 2.05) is 25.1 Å². The largest absolute Gasteiger partial charge is 0.449 e. The average Bonchev–Trinajstić information content (AvgIpc) is 3.02. The molecule has 1 aliphatic rings. The fourth-order valence-corrected chi connectivity index (χ4v) is 2.96.